The van der Waals surface area contributed by atoms with Crippen LogP contribution in [0.1, 0.15) is 46.5 Å². The van der Waals surface area contributed by atoms with Crippen LogP contribution in [0.2, 0.25) is 0 Å². The van der Waals surface area contributed by atoms with Gasteiger partial charge in [-0.15, -0.1) is 0 Å². The third-order valence-corrected chi connectivity index (χ3v) is 1.97. The third-order valence-electron chi connectivity index (χ3n) is 1.56. The van der Waals surface area contributed by atoms with Crippen molar-refractivity contribution >= 4 is 12.6 Å². The van der Waals surface area contributed by atoms with E-state index >= 15 is 0 Å². The predicted molar refractivity (Wildman–Crippen MR) is 45.8 cm³/mol. The summed E-state index contributed by atoms with van der Waals surface area (Å²) in [4.78, 5) is 0. The standard InChI is InChI=1S/C8H17S/c1-4-6-8(3,9)7-5-2/h4-7H2,1-3H3. The fourth-order valence-corrected chi connectivity index (χ4v) is 1.59. The van der Waals surface area contributed by atoms with E-state index in [1.807, 2.05) is 0 Å². The Hall–Kier alpha value is 0.350. The lowest BCUT2D eigenvalue weighted by Gasteiger charge is -2.20. The minimum absolute atomic E-state index is 0.184. The zero-order chi connectivity index (χ0) is 7.33. The summed E-state index contributed by atoms with van der Waals surface area (Å²) < 4.78 is 0.184. The lowest BCUT2D eigenvalue weighted by Crippen LogP contribution is -2.14. The summed E-state index contributed by atoms with van der Waals surface area (Å²) in [5.74, 6) is 0. The predicted octanol–water partition coefficient (Wildman–Crippen LogP) is 3.54. The fraction of sp³-hybridized carbons (Fsp3) is 1.00. The van der Waals surface area contributed by atoms with Crippen LogP contribution in [0.5, 0.6) is 0 Å². The third kappa shape index (κ3) is 4.83. The van der Waals surface area contributed by atoms with Crippen molar-refractivity contribution in [2.45, 2.75) is 51.2 Å². The van der Waals surface area contributed by atoms with E-state index in [-0.39, 0.29) is 4.75 Å². The Labute approximate surface area is 64.4 Å². The molecule has 0 bridgehead atoms. The second kappa shape index (κ2) is 4.21. The van der Waals surface area contributed by atoms with Crippen LogP contribution in [0.4, 0.5) is 0 Å². The van der Waals surface area contributed by atoms with Crippen LogP contribution >= 0.6 is 12.6 Å². The highest BCUT2D eigenvalue weighted by Crippen LogP contribution is 2.25. The SMILES string of the molecule is CCCC(C)([S])CCC. The smallest absolute Gasteiger partial charge is 0.0235 e. The van der Waals surface area contributed by atoms with Crippen molar-refractivity contribution in [3.8, 4) is 0 Å². The summed E-state index contributed by atoms with van der Waals surface area (Å²) >= 11 is 5.34. The largest absolute Gasteiger partial charge is 0.0870 e. The van der Waals surface area contributed by atoms with E-state index in [1.54, 1.807) is 0 Å². The van der Waals surface area contributed by atoms with Crippen LogP contribution in [-0.2, 0) is 0 Å². The van der Waals surface area contributed by atoms with Crippen LogP contribution in [0, 0.1) is 0 Å². The van der Waals surface area contributed by atoms with Gasteiger partial charge >= 0.3 is 0 Å². The zero-order valence-corrected chi connectivity index (χ0v) is 7.55. The molecule has 0 aromatic heterocycles. The normalized spacial score (nSPS) is 12.0. The number of hydrogen-bond donors (Lipinski definition) is 0. The van der Waals surface area contributed by atoms with Gasteiger partial charge in [-0.25, -0.2) is 0 Å². The summed E-state index contributed by atoms with van der Waals surface area (Å²) in [6.07, 6.45) is 4.83. The lowest BCUT2D eigenvalue weighted by atomic mass is 10.00. The van der Waals surface area contributed by atoms with Crippen LogP contribution < -0.4 is 0 Å². The number of rotatable bonds is 4. The summed E-state index contributed by atoms with van der Waals surface area (Å²) in [6.45, 7) is 6.57. The van der Waals surface area contributed by atoms with Crippen molar-refractivity contribution in [1.82, 2.24) is 0 Å². The molecule has 0 fully saturated rings. The molecule has 55 valence electrons. The highest BCUT2D eigenvalue weighted by molar-refractivity contribution is 7.81. The Morgan fingerprint density at radius 3 is 1.67 bits per heavy atom. The molecule has 0 unspecified atom stereocenters. The Balaban J connectivity index is 3.43. The zero-order valence-electron chi connectivity index (χ0n) is 6.74. The minimum atomic E-state index is 0.184. The van der Waals surface area contributed by atoms with Crippen molar-refractivity contribution in [1.29, 1.82) is 0 Å². The molecule has 0 atom stereocenters. The Morgan fingerprint density at radius 1 is 1.11 bits per heavy atom. The Kier molecular flexibility index (Phi) is 4.37. The molecule has 0 spiro atoms. The lowest BCUT2D eigenvalue weighted by molar-refractivity contribution is 0.532. The van der Waals surface area contributed by atoms with Gasteiger partial charge in [-0.1, -0.05) is 39.3 Å². The second-order valence-corrected chi connectivity index (χ2v) is 3.94. The molecule has 0 aliphatic carbocycles. The quantitative estimate of drug-likeness (QED) is 0.567. The van der Waals surface area contributed by atoms with E-state index in [4.69, 9.17) is 12.6 Å². The molecule has 0 aromatic rings. The maximum absolute atomic E-state index is 5.34. The first-order valence-corrected chi connectivity index (χ1v) is 4.23. The molecule has 0 aromatic carbocycles. The van der Waals surface area contributed by atoms with E-state index in [0.29, 0.717) is 0 Å². The Bertz CT molecular complexity index is 59.0. The van der Waals surface area contributed by atoms with Gasteiger partial charge in [-0.05, 0) is 19.8 Å². The van der Waals surface area contributed by atoms with Crippen molar-refractivity contribution in [2.75, 3.05) is 0 Å². The van der Waals surface area contributed by atoms with Crippen LogP contribution in [0.25, 0.3) is 0 Å². The van der Waals surface area contributed by atoms with Crippen LogP contribution in [0.15, 0.2) is 0 Å². The molecule has 9 heavy (non-hydrogen) atoms. The van der Waals surface area contributed by atoms with Gasteiger partial charge in [0, 0.05) is 4.75 Å². The highest BCUT2D eigenvalue weighted by Gasteiger charge is 2.16. The highest BCUT2D eigenvalue weighted by atomic mass is 32.1. The maximum Gasteiger partial charge on any atom is 0.0235 e. The molecule has 0 saturated heterocycles. The topological polar surface area (TPSA) is 0 Å². The number of hydrogen-bond acceptors (Lipinski definition) is 0. The van der Waals surface area contributed by atoms with Crippen molar-refractivity contribution in [2.24, 2.45) is 0 Å². The molecular formula is C8H17S. The molecular weight excluding hydrogens is 128 g/mol. The van der Waals surface area contributed by atoms with Gasteiger partial charge in [0.15, 0.2) is 0 Å². The first-order chi connectivity index (χ1) is 4.12. The summed E-state index contributed by atoms with van der Waals surface area (Å²) in [5, 5.41) is 0. The van der Waals surface area contributed by atoms with E-state index in [2.05, 4.69) is 20.8 Å². The van der Waals surface area contributed by atoms with Gasteiger partial charge in [0.25, 0.3) is 0 Å². The molecule has 0 saturated carbocycles. The average molecular weight is 145 g/mol. The van der Waals surface area contributed by atoms with Crippen molar-refractivity contribution < 1.29 is 0 Å². The van der Waals surface area contributed by atoms with Crippen molar-refractivity contribution in [3.63, 3.8) is 0 Å². The van der Waals surface area contributed by atoms with Crippen LogP contribution in [-0.4, -0.2) is 4.75 Å². The van der Waals surface area contributed by atoms with E-state index < -0.39 is 0 Å². The summed E-state index contributed by atoms with van der Waals surface area (Å²) in [7, 11) is 0. The second-order valence-electron chi connectivity index (χ2n) is 2.95. The molecule has 1 radical (unpaired) electrons. The average Bonchev–Trinajstić information content (AvgIpc) is 1.64. The molecule has 0 heterocycles. The van der Waals surface area contributed by atoms with Gasteiger partial charge in [0.05, 0.1) is 0 Å². The van der Waals surface area contributed by atoms with Gasteiger partial charge in [0.2, 0.25) is 0 Å². The molecule has 0 nitrogen and oxygen atoms in total. The minimum Gasteiger partial charge on any atom is -0.0870 e. The molecule has 0 rings (SSSR count). The Morgan fingerprint density at radius 2 is 1.44 bits per heavy atom. The summed E-state index contributed by atoms with van der Waals surface area (Å²) in [5.41, 5.74) is 0. The molecule has 0 N–H and O–H groups in total. The monoisotopic (exact) mass is 145 g/mol. The maximum atomic E-state index is 5.34. The van der Waals surface area contributed by atoms with Gasteiger partial charge in [-0.3, -0.25) is 0 Å². The molecule has 1 heteroatoms. The molecule has 0 aliphatic heterocycles. The first-order valence-electron chi connectivity index (χ1n) is 3.83. The van der Waals surface area contributed by atoms with Gasteiger partial charge < -0.3 is 0 Å². The van der Waals surface area contributed by atoms with Gasteiger partial charge in [0.1, 0.15) is 0 Å². The van der Waals surface area contributed by atoms with E-state index in [1.165, 1.54) is 25.7 Å². The molecule has 0 aliphatic rings. The first kappa shape index (κ1) is 9.35. The van der Waals surface area contributed by atoms with Crippen LogP contribution in [0.3, 0.4) is 0 Å². The fourth-order valence-electron chi connectivity index (χ4n) is 1.18. The molecule has 0 amide bonds. The summed E-state index contributed by atoms with van der Waals surface area (Å²) in [6, 6.07) is 0. The van der Waals surface area contributed by atoms with Crippen molar-refractivity contribution in [3.05, 3.63) is 0 Å². The van der Waals surface area contributed by atoms with E-state index in [9.17, 15) is 0 Å². The van der Waals surface area contributed by atoms with E-state index in [0.717, 1.165) is 0 Å². The van der Waals surface area contributed by atoms with Gasteiger partial charge in [-0.2, -0.15) is 0 Å².